The van der Waals surface area contributed by atoms with Gasteiger partial charge in [-0.2, -0.15) is 4.31 Å². The van der Waals surface area contributed by atoms with Gasteiger partial charge in [0.05, 0.1) is 11.4 Å². The zero-order valence-electron chi connectivity index (χ0n) is 18.9. The van der Waals surface area contributed by atoms with Crippen molar-refractivity contribution in [2.45, 2.75) is 17.9 Å². The number of fused-ring (bicyclic) bond motifs is 1. The van der Waals surface area contributed by atoms with Crippen LogP contribution in [0.5, 0.6) is 0 Å². The molecule has 2 N–H and O–H groups in total. The van der Waals surface area contributed by atoms with Gasteiger partial charge >= 0.3 is 0 Å². The molecule has 0 bridgehead atoms. The van der Waals surface area contributed by atoms with Crippen LogP contribution in [-0.2, 0) is 22.9 Å². The van der Waals surface area contributed by atoms with E-state index in [0.717, 1.165) is 10.7 Å². The molecule has 0 aliphatic carbocycles. The van der Waals surface area contributed by atoms with Gasteiger partial charge in [-0.3, -0.25) is 4.79 Å². The first kappa shape index (κ1) is 24.1. The Kier molecular flexibility index (Phi) is 6.78. The summed E-state index contributed by atoms with van der Waals surface area (Å²) in [5, 5.41) is 3.01. The lowest BCUT2D eigenvalue weighted by molar-refractivity contribution is 0.0989. The standard InChI is InChI=1S/C23H25ClN6O3S2/c24-20-15-34-23(27-20)28-10-12-29(13-11-28)35(32,33)21-5-4-19-18(26-21)7-9-30(19)22(31)17-3-1-2-16(14-17)6-8-25/h1-5,14-15H,6-13,25H2. The number of thiazole rings is 1. The Hall–Kier alpha value is -2.57. The van der Waals surface area contributed by atoms with Gasteiger partial charge in [0, 0.05) is 50.1 Å². The number of nitrogens with zero attached hydrogens (tertiary/aromatic N) is 5. The summed E-state index contributed by atoms with van der Waals surface area (Å²) in [6.45, 7) is 2.70. The number of benzene rings is 1. The van der Waals surface area contributed by atoms with E-state index in [1.165, 1.54) is 21.7 Å². The molecule has 0 radical (unpaired) electrons. The molecular formula is C23H25ClN6O3S2. The van der Waals surface area contributed by atoms with Crippen molar-refractivity contribution in [3.63, 3.8) is 0 Å². The first-order chi connectivity index (χ1) is 16.9. The molecule has 12 heteroatoms. The topological polar surface area (TPSA) is 113 Å². The van der Waals surface area contributed by atoms with Crippen molar-refractivity contribution < 1.29 is 13.2 Å². The van der Waals surface area contributed by atoms with Crippen molar-refractivity contribution in [3.05, 3.63) is 63.8 Å². The maximum Gasteiger partial charge on any atom is 0.260 e. The van der Waals surface area contributed by atoms with Gasteiger partial charge in [-0.25, -0.2) is 18.4 Å². The highest BCUT2D eigenvalue weighted by molar-refractivity contribution is 7.89. The number of hydrogen-bond donors (Lipinski definition) is 1. The number of amides is 1. The number of halogens is 1. The predicted octanol–water partition coefficient (Wildman–Crippen LogP) is 2.41. The van der Waals surface area contributed by atoms with Gasteiger partial charge in [-0.05, 0) is 42.8 Å². The monoisotopic (exact) mass is 532 g/mol. The van der Waals surface area contributed by atoms with Crippen molar-refractivity contribution in [1.82, 2.24) is 14.3 Å². The van der Waals surface area contributed by atoms with Crippen LogP contribution in [0.4, 0.5) is 10.8 Å². The smallest absolute Gasteiger partial charge is 0.260 e. The van der Waals surface area contributed by atoms with E-state index in [9.17, 15) is 13.2 Å². The van der Waals surface area contributed by atoms with Crippen LogP contribution in [-0.4, -0.2) is 67.9 Å². The molecule has 35 heavy (non-hydrogen) atoms. The Balaban J connectivity index is 1.31. The van der Waals surface area contributed by atoms with Crippen LogP contribution in [0.15, 0.2) is 46.8 Å². The fourth-order valence-electron chi connectivity index (χ4n) is 4.42. The number of piperazine rings is 1. The van der Waals surface area contributed by atoms with Gasteiger partial charge in [0.25, 0.3) is 15.9 Å². The minimum atomic E-state index is -3.75. The number of rotatable bonds is 6. The maximum atomic E-state index is 13.3. The van der Waals surface area contributed by atoms with Crippen LogP contribution < -0.4 is 15.5 Å². The summed E-state index contributed by atoms with van der Waals surface area (Å²) in [5.74, 6) is -0.126. The molecule has 5 rings (SSSR count). The van der Waals surface area contributed by atoms with Crippen molar-refractivity contribution >= 4 is 49.7 Å². The Morgan fingerprint density at radius 2 is 1.89 bits per heavy atom. The first-order valence-corrected chi connectivity index (χ1v) is 14.0. The SMILES string of the molecule is NCCc1cccc(C(=O)N2CCc3nc(S(=O)(=O)N4CCN(c5nc(Cl)cs5)CC4)ccc32)c1. The van der Waals surface area contributed by atoms with E-state index in [2.05, 4.69) is 9.97 Å². The minimum absolute atomic E-state index is 0.0150. The summed E-state index contributed by atoms with van der Waals surface area (Å²) >= 11 is 7.36. The zero-order valence-corrected chi connectivity index (χ0v) is 21.3. The van der Waals surface area contributed by atoms with Gasteiger partial charge in [-0.15, -0.1) is 11.3 Å². The molecule has 2 aliphatic heterocycles. The third kappa shape index (κ3) is 4.78. The number of nitrogens with two attached hydrogens (primary N) is 1. The maximum absolute atomic E-state index is 13.3. The average molecular weight is 533 g/mol. The normalized spacial score (nSPS) is 16.5. The molecule has 0 spiro atoms. The molecule has 184 valence electrons. The highest BCUT2D eigenvalue weighted by atomic mass is 35.5. The van der Waals surface area contributed by atoms with E-state index in [4.69, 9.17) is 17.3 Å². The fourth-order valence-corrected chi connectivity index (χ4v) is 6.80. The van der Waals surface area contributed by atoms with E-state index in [1.54, 1.807) is 22.4 Å². The van der Waals surface area contributed by atoms with Crippen LogP contribution >= 0.6 is 22.9 Å². The number of anilines is 2. The van der Waals surface area contributed by atoms with E-state index in [0.29, 0.717) is 74.2 Å². The van der Waals surface area contributed by atoms with Gasteiger partial charge in [0.1, 0.15) is 5.15 Å². The molecular weight excluding hydrogens is 508 g/mol. The summed E-state index contributed by atoms with van der Waals surface area (Å²) in [5.41, 5.74) is 8.51. The number of sulfonamides is 1. The van der Waals surface area contributed by atoms with Crippen LogP contribution in [0.25, 0.3) is 0 Å². The third-order valence-electron chi connectivity index (χ3n) is 6.22. The van der Waals surface area contributed by atoms with Crippen LogP contribution in [0.1, 0.15) is 21.6 Å². The minimum Gasteiger partial charge on any atom is -0.345 e. The highest BCUT2D eigenvalue weighted by Crippen LogP contribution is 2.31. The molecule has 1 aromatic carbocycles. The molecule has 1 saturated heterocycles. The van der Waals surface area contributed by atoms with Gasteiger partial charge < -0.3 is 15.5 Å². The number of carbonyl (C=O) groups is 1. The largest absolute Gasteiger partial charge is 0.345 e. The Labute approximate surface area is 213 Å². The second-order valence-corrected chi connectivity index (χ2v) is 11.5. The highest BCUT2D eigenvalue weighted by Gasteiger charge is 2.33. The molecule has 2 aromatic heterocycles. The predicted molar refractivity (Wildman–Crippen MR) is 137 cm³/mol. The number of aromatic nitrogens is 2. The molecule has 1 fully saturated rings. The van der Waals surface area contributed by atoms with E-state index < -0.39 is 10.0 Å². The summed E-state index contributed by atoms with van der Waals surface area (Å²) in [7, 11) is -3.75. The van der Waals surface area contributed by atoms with Crippen molar-refractivity contribution in [3.8, 4) is 0 Å². The second-order valence-electron chi connectivity index (χ2n) is 8.41. The summed E-state index contributed by atoms with van der Waals surface area (Å²) < 4.78 is 28.0. The van der Waals surface area contributed by atoms with Crippen molar-refractivity contribution in [1.29, 1.82) is 0 Å². The van der Waals surface area contributed by atoms with Gasteiger partial charge in [0.2, 0.25) is 0 Å². The Bertz CT molecular complexity index is 1350. The number of pyridine rings is 1. The molecule has 1 amide bonds. The quantitative estimate of drug-likeness (QED) is 0.518. The van der Waals surface area contributed by atoms with Gasteiger partial charge in [0.15, 0.2) is 10.2 Å². The van der Waals surface area contributed by atoms with E-state index >= 15 is 0 Å². The lowest BCUT2D eigenvalue weighted by atomic mass is 10.1. The third-order valence-corrected chi connectivity index (χ3v) is 9.24. The number of carbonyl (C=O) groups excluding carboxylic acids is 1. The van der Waals surface area contributed by atoms with Crippen molar-refractivity contribution in [2.75, 3.05) is 49.1 Å². The lowest BCUT2D eigenvalue weighted by Crippen LogP contribution is -2.48. The molecule has 0 atom stereocenters. The van der Waals surface area contributed by atoms with Crippen LogP contribution in [0.3, 0.4) is 0 Å². The zero-order chi connectivity index (χ0) is 24.6. The Morgan fingerprint density at radius 1 is 1.09 bits per heavy atom. The summed E-state index contributed by atoms with van der Waals surface area (Å²) in [4.78, 5) is 25.6. The first-order valence-electron chi connectivity index (χ1n) is 11.3. The fraction of sp³-hybridized carbons (Fsp3) is 0.348. The Morgan fingerprint density at radius 3 is 2.60 bits per heavy atom. The average Bonchev–Trinajstić information content (AvgIpc) is 3.50. The van der Waals surface area contributed by atoms with E-state index in [-0.39, 0.29) is 10.9 Å². The van der Waals surface area contributed by atoms with Gasteiger partial charge in [-0.1, -0.05) is 23.7 Å². The van der Waals surface area contributed by atoms with Crippen LogP contribution in [0, 0.1) is 0 Å². The molecule has 2 aliphatic rings. The molecule has 0 saturated carbocycles. The van der Waals surface area contributed by atoms with Crippen LogP contribution in [0.2, 0.25) is 5.15 Å². The molecule has 3 aromatic rings. The molecule has 4 heterocycles. The summed E-state index contributed by atoms with van der Waals surface area (Å²) in [6, 6.07) is 10.6. The molecule has 9 nitrogen and oxygen atoms in total. The number of hydrogen-bond acceptors (Lipinski definition) is 8. The summed E-state index contributed by atoms with van der Waals surface area (Å²) in [6.07, 6.45) is 1.21. The second kappa shape index (κ2) is 9.82. The lowest BCUT2D eigenvalue weighted by Gasteiger charge is -2.33. The molecule has 0 unspecified atom stereocenters. The van der Waals surface area contributed by atoms with Crippen molar-refractivity contribution in [2.24, 2.45) is 5.73 Å². The van der Waals surface area contributed by atoms with E-state index in [1.807, 2.05) is 23.1 Å².